The average Bonchev–Trinajstić information content (AvgIpc) is 1.82. The van der Waals surface area contributed by atoms with E-state index in [9.17, 15) is 0 Å². The molecule has 0 aliphatic heterocycles. The van der Waals surface area contributed by atoms with Gasteiger partial charge in [0.05, 0.1) is 0 Å². The third-order valence-electron chi connectivity index (χ3n) is 3.13. The molecule has 0 bridgehead atoms. The maximum Gasteiger partial charge on any atom is 2.00 e. The van der Waals surface area contributed by atoms with Crippen molar-refractivity contribution in [2.45, 2.75) is 54.9 Å². The van der Waals surface area contributed by atoms with Crippen LogP contribution >= 0.6 is 0 Å². The molecule has 0 heterocycles. The van der Waals surface area contributed by atoms with Gasteiger partial charge < -0.3 is 12.8 Å². The minimum Gasteiger partial charge on any atom is -0.325 e. The molecule has 0 amide bonds. The Morgan fingerprint density at radius 1 is 1.00 bits per heavy atom. The van der Waals surface area contributed by atoms with Crippen LogP contribution in [-0.2, 0) is 18.6 Å². The van der Waals surface area contributed by atoms with E-state index in [-0.39, 0.29) is 24.0 Å². The summed E-state index contributed by atoms with van der Waals surface area (Å²) in [6, 6.07) is 0. The van der Waals surface area contributed by atoms with Crippen LogP contribution < -0.4 is 0 Å². The fourth-order valence-corrected chi connectivity index (χ4v) is 1.82. The first kappa shape index (κ1) is 17.0. The van der Waals surface area contributed by atoms with Crippen molar-refractivity contribution in [3.8, 4) is 0 Å². The summed E-state index contributed by atoms with van der Waals surface area (Å²) < 4.78 is 0. The summed E-state index contributed by atoms with van der Waals surface area (Å²) in [4.78, 5) is 0. The first-order valence-corrected chi connectivity index (χ1v) is 5.43. The van der Waals surface area contributed by atoms with Gasteiger partial charge in [-0.15, -0.1) is 0 Å². The Kier molecular flexibility index (Phi) is 7.56. The van der Waals surface area contributed by atoms with Crippen LogP contribution in [0.5, 0.6) is 0 Å². The van der Waals surface area contributed by atoms with Gasteiger partial charge in [-0.1, -0.05) is 48.5 Å². The van der Waals surface area contributed by atoms with Crippen LogP contribution in [0.1, 0.15) is 54.9 Å². The molecule has 0 aromatic heterocycles. The SMILES string of the molecule is CC[CH-]C(C)(C)C(C)(C)[CH-]C(C)C.[V+2]. The van der Waals surface area contributed by atoms with Crippen molar-refractivity contribution in [3.05, 3.63) is 12.8 Å². The molecule has 14 heavy (non-hydrogen) atoms. The van der Waals surface area contributed by atoms with E-state index in [0.717, 1.165) is 6.42 Å². The van der Waals surface area contributed by atoms with Gasteiger partial charge in [-0.05, 0) is 0 Å². The zero-order valence-corrected chi connectivity index (χ0v) is 12.3. The smallest absolute Gasteiger partial charge is 0.325 e. The van der Waals surface area contributed by atoms with Gasteiger partial charge in [-0.3, -0.25) is 0 Å². The second kappa shape index (κ2) is 6.23. The molecule has 0 aromatic rings. The average molecular weight is 233 g/mol. The molecule has 0 aromatic carbocycles. The molecule has 0 nitrogen and oxygen atoms in total. The molecule has 0 fully saturated rings. The van der Waals surface area contributed by atoms with E-state index in [1.54, 1.807) is 0 Å². The minimum absolute atomic E-state index is 0. The first-order chi connectivity index (χ1) is 5.73. The maximum absolute atomic E-state index is 2.46. The van der Waals surface area contributed by atoms with E-state index < -0.39 is 0 Å². The summed E-state index contributed by atoms with van der Waals surface area (Å²) in [7, 11) is 0. The third-order valence-corrected chi connectivity index (χ3v) is 3.13. The Morgan fingerprint density at radius 3 is 1.71 bits per heavy atom. The van der Waals surface area contributed by atoms with Crippen molar-refractivity contribution in [2.75, 3.05) is 0 Å². The molecular weight excluding hydrogens is 207 g/mol. The van der Waals surface area contributed by atoms with Crippen molar-refractivity contribution in [3.63, 3.8) is 0 Å². The van der Waals surface area contributed by atoms with Gasteiger partial charge >= 0.3 is 18.6 Å². The predicted molar refractivity (Wildman–Crippen MR) is 61.3 cm³/mol. The second-order valence-corrected chi connectivity index (χ2v) is 5.47. The summed E-state index contributed by atoms with van der Waals surface area (Å²) in [5, 5.41) is 0. The Morgan fingerprint density at radius 2 is 1.43 bits per heavy atom. The van der Waals surface area contributed by atoms with Crippen LogP contribution in [0.3, 0.4) is 0 Å². The molecule has 0 N–H and O–H groups in total. The van der Waals surface area contributed by atoms with E-state index in [1.807, 2.05) is 0 Å². The minimum atomic E-state index is 0. The zero-order valence-electron chi connectivity index (χ0n) is 10.9. The van der Waals surface area contributed by atoms with Gasteiger partial charge in [0.25, 0.3) is 0 Å². The normalized spacial score (nSPS) is 12.9. The fraction of sp³-hybridized carbons (Fsp3) is 0.846. The molecule has 0 saturated carbocycles. The van der Waals surface area contributed by atoms with Crippen molar-refractivity contribution < 1.29 is 18.6 Å². The molecule has 0 aliphatic rings. The summed E-state index contributed by atoms with van der Waals surface area (Å²) in [6.07, 6.45) is 6.04. The Hall–Kier alpha value is 0.584. The van der Waals surface area contributed by atoms with Crippen LogP contribution in [0, 0.1) is 29.6 Å². The maximum atomic E-state index is 2.46. The van der Waals surface area contributed by atoms with E-state index in [0.29, 0.717) is 11.3 Å². The zero-order chi connectivity index (χ0) is 10.7. The number of hydrogen-bond donors (Lipinski definition) is 0. The van der Waals surface area contributed by atoms with Gasteiger partial charge in [0.15, 0.2) is 0 Å². The van der Waals surface area contributed by atoms with Gasteiger partial charge in [-0.25, -0.2) is 0 Å². The van der Waals surface area contributed by atoms with Gasteiger partial charge in [0.1, 0.15) is 0 Å². The molecular formula is C13H26V. The molecule has 1 radical (unpaired) electrons. The topological polar surface area (TPSA) is 0 Å². The van der Waals surface area contributed by atoms with E-state index in [1.165, 1.54) is 0 Å². The van der Waals surface area contributed by atoms with Crippen LogP contribution in [0.25, 0.3) is 0 Å². The molecule has 0 saturated heterocycles. The third kappa shape index (κ3) is 4.89. The monoisotopic (exact) mass is 233 g/mol. The van der Waals surface area contributed by atoms with Gasteiger partial charge in [0.2, 0.25) is 0 Å². The Bertz CT molecular complexity index is 145. The Balaban J connectivity index is 0. The number of rotatable bonds is 5. The van der Waals surface area contributed by atoms with Crippen molar-refractivity contribution in [1.82, 2.24) is 0 Å². The van der Waals surface area contributed by atoms with Gasteiger partial charge in [-0.2, -0.15) is 23.2 Å². The fourth-order valence-electron chi connectivity index (χ4n) is 1.82. The molecule has 0 aliphatic carbocycles. The van der Waals surface area contributed by atoms with Crippen molar-refractivity contribution in [1.29, 1.82) is 0 Å². The van der Waals surface area contributed by atoms with Crippen LogP contribution in [-0.4, -0.2) is 0 Å². The largest absolute Gasteiger partial charge is 2.00 e. The molecule has 0 unspecified atom stereocenters. The summed E-state index contributed by atoms with van der Waals surface area (Å²) in [6.45, 7) is 16.0. The Labute approximate surface area is 103 Å². The number of hydrogen-bond acceptors (Lipinski definition) is 0. The van der Waals surface area contributed by atoms with Crippen molar-refractivity contribution in [2.24, 2.45) is 16.7 Å². The molecule has 1 heteroatoms. The second-order valence-electron chi connectivity index (χ2n) is 5.47. The summed E-state index contributed by atoms with van der Waals surface area (Å²) in [5.41, 5.74) is 0.587. The first-order valence-electron chi connectivity index (χ1n) is 5.43. The summed E-state index contributed by atoms with van der Waals surface area (Å²) >= 11 is 0. The standard InChI is InChI=1S/C13H26.V/c1-8-9-12(4,5)13(6,7)10-11(2)3;/h9-11H,8H2,1-7H3;/q-2;+2. The van der Waals surface area contributed by atoms with E-state index in [2.05, 4.69) is 61.3 Å². The summed E-state index contributed by atoms with van der Waals surface area (Å²) in [5.74, 6) is 0.666. The molecule has 0 spiro atoms. The molecule has 83 valence electrons. The van der Waals surface area contributed by atoms with Crippen LogP contribution in [0.4, 0.5) is 0 Å². The molecule has 0 rings (SSSR count). The van der Waals surface area contributed by atoms with Gasteiger partial charge in [0, 0.05) is 0 Å². The van der Waals surface area contributed by atoms with Crippen LogP contribution in [0.15, 0.2) is 0 Å². The van der Waals surface area contributed by atoms with Crippen molar-refractivity contribution >= 4 is 0 Å². The quantitative estimate of drug-likeness (QED) is 0.613. The van der Waals surface area contributed by atoms with E-state index >= 15 is 0 Å². The predicted octanol–water partition coefficient (Wildman–Crippen LogP) is 4.51. The molecule has 0 atom stereocenters. The van der Waals surface area contributed by atoms with E-state index in [4.69, 9.17) is 0 Å². The van der Waals surface area contributed by atoms with Crippen LogP contribution in [0.2, 0.25) is 0 Å².